The van der Waals surface area contributed by atoms with Crippen molar-refractivity contribution in [3.63, 3.8) is 0 Å². The van der Waals surface area contributed by atoms with Crippen LogP contribution in [0.5, 0.6) is 0 Å². The third kappa shape index (κ3) is 7.00. The summed E-state index contributed by atoms with van der Waals surface area (Å²) >= 11 is 0. The molecule has 10 nitrogen and oxygen atoms in total. The second-order valence-corrected chi connectivity index (χ2v) is 4.34. The van der Waals surface area contributed by atoms with Crippen LogP contribution < -0.4 is 0 Å². The first-order valence-electron chi connectivity index (χ1n) is 6.63. The van der Waals surface area contributed by atoms with E-state index in [0.29, 0.717) is 24.3 Å². The van der Waals surface area contributed by atoms with Crippen molar-refractivity contribution < 1.29 is 48.5 Å². The maximum atomic E-state index is 11.8. The lowest BCUT2D eigenvalue weighted by Crippen LogP contribution is -2.14. The zero-order valence-corrected chi connectivity index (χ0v) is 12.8. The smallest absolute Gasteiger partial charge is 0.346 e. The molecule has 0 unspecified atom stereocenters. The minimum atomic E-state index is -1.42. The molecule has 0 aliphatic heterocycles. The van der Waals surface area contributed by atoms with Crippen LogP contribution in [0.4, 0.5) is 0 Å². The average molecular weight is 362 g/mol. The molecule has 134 valence electrons. The van der Waals surface area contributed by atoms with E-state index in [9.17, 15) is 28.8 Å². The molecule has 0 radical (unpaired) electrons. The number of esters is 4. The molecule has 1 rings (SSSR count). The molecule has 0 amide bonds. The van der Waals surface area contributed by atoms with Crippen molar-refractivity contribution in [3.8, 4) is 0 Å². The Labute approximate surface area is 144 Å². The Morgan fingerprint density at radius 3 is 1.42 bits per heavy atom. The number of aliphatic carboxylic acids is 2. The lowest BCUT2D eigenvalue weighted by Gasteiger charge is -2.03. The van der Waals surface area contributed by atoms with Gasteiger partial charge in [0.05, 0.1) is 11.1 Å². The highest BCUT2D eigenvalue weighted by molar-refractivity contribution is 6.04. The number of hydrogen-bond donors (Lipinski definition) is 2. The number of ether oxygens (including phenoxy) is 2. The van der Waals surface area contributed by atoms with Gasteiger partial charge in [0.2, 0.25) is 0 Å². The topological polar surface area (TPSA) is 161 Å². The van der Waals surface area contributed by atoms with Crippen LogP contribution in [0.2, 0.25) is 0 Å². The molecule has 0 aliphatic carbocycles. The third-order valence-corrected chi connectivity index (χ3v) is 2.44. The Kier molecular flexibility index (Phi) is 7.12. The number of carboxylic acid groups (broad SMARTS) is 2. The average Bonchev–Trinajstić information content (AvgIpc) is 2.58. The molecule has 0 aliphatic rings. The summed E-state index contributed by atoms with van der Waals surface area (Å²) in [6.45, 7) is 0. The monoisotopic (exact) mass is 362 g/mol. The number of carbonyl (C=O) groups is 6. The van der Waals surface area contributed by atoms with Crippen LogP contribution in [0.3, 0.4) is 0 Å². The van der Waals surface area contributed by atoms with Gasteiger partial charge in [-0.2, -0.15) is 0 Å². The number of benzene rings is 1. The van der Waals surface area contributed by atoms with Crippen LogP contribution in [0, 0.1) is 0 Å². The fourth-order valence-electron chi connectivity index (χ4n) is 1.42. The molecular weight excluding hydrogens is 352 g/mol. The van der Waals surface area contributed by atoms with Crippen LogP contribution >= 0.6 is 0 Å². The first kappa shape index (κ1) is 20.0. The van der Waals surface area contributed by atoms with Gasteiger partial charge in [0.1, 0.15) is 0 Å². The van der Waals surface area contributed by atoms with Gasteiger partial charge in [-0.05, 0) is 18.2 Å². The van der Waals surface area contributed by atoms with Gasteiger partial charge in [0, 0.05) is 24.3 Å². The predicted octanol–water partition coefficient (Wildman–Crippen LogP) is 0.335. The minimum Gasteiger partial charge on any atom is -0.478 e. The summed E-state index contributed by atoms with van der Waals surface area (Å²) in [5, 5.41) is 16.7. The van der Waals surface area contributed by atoms with Gasteiger partial charge in [-0.15, -0.1) is 0 Å². The fourth-order valence-corrected chi connectivity index (χ4v) is 1.42. The standard InChI is InChI=1S/C16H10O10/c17-11(18)4-6-13(21)25-15(23)9-2-1-3-10(8-9)16(24)26-14(22)7-5-12(19)20/h1-8H,(H,17,18)(H,19,20)/b6-4-,7-5-. The van der Waals surface area contributed by atoms with Crippen LogP contribution in [0.25, 0.3) is 0 Å². The predicted molar refractivity (Wildman–Crippen MR) is 80.8 cm³/mol. The second-order valence-electron chi connectivity index (χ2n) is 4.34. The van der Waals surface area contributed by atoms with Crippen LogP contribution in [-0.4, -0.2) is 46.0 Å². The summed E-state index contributed by atoms with van der Waals surface area (Å²) in [4.78, 5) is 66.5. The number of carbonyl (C=O) groups excluding carboxylic acids is 4. The highest BCUT2D eigenvalue weighted by atomic mass is 16.6. The van der Waals surface area contributed by atoms with Crippen molar-refractivity contribution in [1.29, 1.82) is 0 Å². The van der Waals surface area contributed by atoms with Gasteiger partial charge in [-0.3, -0.25) is 0 Å². The molecule has 0 bridgehead atoms. The van der Waals surface area contributed by atoms with E-state index in [1.54, 1.807) is 0 Å². The summed E-state index contributed by atoms with van der Waals surface area (Å²) in [6, 6.07) is 4.59. The van der Waals surface area contributed by atoms with Gasteiger partial charge in [0.15, 0.2) is 0 Å². The second kappa shape index (κ2) is 9.27. The Hall–Kier alpha value is -4.08. The summed E-state index contributed by atoms with van der Waals surface area (Å²) in [6.07, 6.45) is 1.98. The molecule has 1 aromatic carbocycles. The lowest BCUT2D eigenvalue weighted by atomic mass is 10.1. The molecule has 2 N–H and O–H groups in total. The fraction of sp³-hybridized carbons (Fsp3) is 0. The van der Waals surface area contributed by atoms with Crippen molar-refractivity contribution in [2.45, 2.75) is 0 Å². The van der Waals surface area contributed by atoms with Gasteiger partial charge in [0.25, 0.3) is 0 Å². The van der Waals surface area contributed by atoms with E-state index in [-0.39, 0.29) is 11.1 Å². The Morgan fingerprint density at radius 1 is 0.692 bits per heavy atom. The van der Waals surface area contributed by atoms with Gasteiger partial charge in [-0.25, -0.2) is 28.8 Å². The minimum absolute atomic E-state index is 0.245. The molecular formula is C16H10O10. The quantitative estimate of drug-likeness (QED) is 0.410. The van der Waals surface area contributed by atoms with Gasteiger partial charge >= 0.3 is 35.8 Å². The lowest BCUT2D eigenvalue weighted by molar-refractivity contribution is -0.134. The molecule has 10 heteroatoms. The van der Waals surface area contributed by atoms with Gasteiger partial charge in [-0.1, -0.05) is 6.07 Å². The van der Waals surface area contributed by atoms with E-state index in [1.165, 1.54) is 18.2 Å². The first-order chi connectivity index (χ1) is 12.2. The van der Waals surface area contributed by atoms with Crippen molar-refractivity contribution in [2.24, 2.45) is 0 Å². The molecule has 1 aromatic rings. The molecule has 26 heavy (non-hydrogen) atoms. The van der Waals surface area contributed by atoms with Gasteiger partial charge < -0.3 is 19.7 Å². The van der Waals surface area contributed by atoms with Crippen molar-refractivity contribution in [3.05, 3.63) is 59.7 Å². The zero-order chi connectivity index (χ0) is 19.7. The third-order valence-electron chi connectivity index (χ3n) is 2.44. The van der Waals surface area contributed by atoms with E-state index in [2.05, 4.69) is 9.47 Å². The maximum Gasteiger partial charge on any atom is 0.346 e. The number of carboxylic acids is 2. The summed E-state index contributed by atoms with van der Waals surface area (Å²) in [5.41, 5.74) is -0.491. The summed E-state index contributed by atoms with van der Waals surface area (Å²) in [7, 11) is 0. The maximum absolute atomic E-state index is 11.8. The van der Waals surface area contributed by atoms with Crippen molar-refractivity contribution >= 4 is 35.8 Å². The molecule has 0 heterocycles. The van der Waals surface area contributed by atoms with E-state index in [4.69, 9.17) is 10.2 Å². The summed E-state index contributed by atoms with van der Waals surface area (Å²) in [5.74, 6) is -7.64. The zero-order valence-electron chi connectivity index (χ0n) is 12.8. The van der Waals surface area contributed by atoms with E-state index < -0.39 is 35.8 Å². The van der Waals surface area contributed by atoms with E-state index in [0.717, 1.165) is 6.07 Å². The van der Waals surface area contributed by atoms with Crippen molar-refractivity contribution in [2.75, 3.05) is 0 Å². The number of rotatable bonds is 6. The molecule has 0 aromatic heterocycles. The normalized spacial score (nSPS) is 10.5. The molecule has 0 atom stereocenters. The van der Waals surface area contributed by atoms with Crippen LogP contribution in [-0.2, 0) is 28.7 Å². The molecule has 0 fully saturated rings. The largest absolute Gasteiger partial charge is 0.478 e. The summed E-state index contributed by atoms with van der Waals surface area (Å²) < 4.78 is 8.69. The van der Waals surface area contributed by atoms with E-state index >= 15 is 0 Å². The SMILES string of the molecule is O=C(O)/C=C\C(=O)OC(=O)c1cccc(C(=O)OC(=O)/C=C\C(=O)O)c1. The Bertz CT molecular complexity index is 766. The van der Waals surface area contributed by atoms with Crippen molar-refractivity contribution in [1.82, 2.24) is 0 Å². The first-order valence-corrected chi connectivity index (χ1v) is 6.63. The molecule has 0 saturated carbocycles. The highest BCUT2D eigenvalue weighted by Crippen LogP contribution is 2.09. The molecule has 0 saturated heterocycles. The molecule has 0 spiro atoms. The van der Waals surface area contributed by atoms with E-state index in [1.807, 2.05) is 0 Å². The number of hydrogen-bond acceptors (Lipinski definition) is 8. The van der Waals surface area contributed by atoms with Crippen LogP contribution in [0.15, 0.2) is 48.6 Å². The Morgan fingerprint density at radius 2 is 1.08 bits per heavy atom. The Balaban J connectivity index is 2.80. The van der Waals surface area contributed by atoms with Crippen LogP contribution in [0.1, 0.15) is 20.7 Å². The highest BCUT2D eigenvalue weighted by Gasteiger charge is 2.16.